The van der Waals surface area contributed by atoms with E-state index in [-0.39, 0.29) is 0 Å². The number of hydrogen-bond acceptors (Lipinski definition) is 6. The van der Waals surface area contributed by atoms with Crippen molar-refractivity contribution in [3.8, 4) is 17.2 Å². The average Bonchev–Trinajstić information content (AvgIpc) is 2.71. The molecule has 2 rings (SSSR count). The Morgan fingerprint density at radius 3 is 2.33 bits per heavy atom. The molecule has 1 N–H and O–H groups in total. The first-order valence-electron chi connectivity index (χ1n) is 8.35. The molecule has 0 aliphatic rings. The van der Waals surface area contributed by atoms with Crippen molar-refractivity contribution in [3.63, 3.8) is 0 Å². The van der Waals surface area contributed by atoms with E-state index in [1.165, 1.54) is 11.8 Å². The third-order valence-electron chi connectivity index (χ3n) is 4.09. The molecule has 0 spiro atoms. The second kappa shape index (κ2) is 10.4. The highest BCUT2D eigenvalue weighted by Crippen LogP contribution is 2.37. The van der Waals surface area contributed by atoms with Gasteiger partial charge in [0.05, 0.1) is 26.4 Å². The van der Waals surface area contributed by atoms with E-state index < -0.39 is 6.10 Å². The van der Waals surface area contributed by atoms with Gasteiger partial charge in [-0.1, -0.05) is 29.8 Å². The quantitative estimate of drug-likeness (QED) is 0.517. The van der Waals surface area contributed by atoms with E-state index in [0.717, 1.165) is 16.9 Å². The van der Waals surface area contributed by atoms with Gasteiger partial charge in [0.15, 0.2) is 11.5 Å². The number of methoxy groups -OCH3 is 3. The minimum absolute atomic E-state index is 0.499. The molecule has 0 fully saturated rings. The topological polar surface area (TPSA) is 60.3 Å². The normalized spacial score (nSPS) is 12.6. The lowest BCUT2D eigenvalue weighted by Gasteiger charge is -2.14. The van der Waals surface area contributed by atoms with Crippen molar-refractivity contribution in [2.24, 2.45) is 4.99 Å². The zero-order valence-corrected chi connectivity index (χ0v) is 17.4. The molecule has 2 aromatic carbocycles. The number of aliphatic imine (C=N–C) groups is 1. The van der Waals surface area contributed by atoms with Crippen molar-refractivity contribution in [2.75, 3.05) is 34.1 Å². The SMILES string of the molecule is COc1ccc(C(O)C(=NCCc2ccc(OC)c(OC)c2Cl)SC)cc1. The van der Waals surface area contributed by atoms with E-state index in [9.17, 15) is 5.11 Å². The standard InChI is InChI=1S/C20H24ClNO4S/c1-24-15-8-5-14(6-9-15)18(23)20(27-4)22-12-11-13-7-10-16(25-2)19(26-3)17(13)21/h5-10,18,23H,11-12H2,1-4H3. The Bertz CT molecular complexity index is 780. The molecule has 0 saturated heterocycles. The molecular weight excluding hydrogens is 386 g/mol. The van der Waals surface area contributed by atoms with Crippen LogP contribution in [0.1, 0.15) is 17.2 Å². The maximum atomic E-state index is 10.6. The van der Waals surface area contributed by atoms with Gasteiger partial charge < -0.3 is 19.3 Å². The van der Waals surface area contributed by atoms with E-state index in [2.05, 4.69) is 4.99 Å². The molecule has 27 heavy (non-hydrogen) atoms. The van der Waals surface area contributed by atoms with Gasteiger partial charge in [-0.3, -0.25) is 4.99 Å². The summed E-state index contributed by atoms with van der Waals surface area (Å²) in [6.07, 6.45) is 1.75. The van der Waals surface area contributed by atoms with Crippen LogP contribution >= 0.6 is 23.4 Å². The molecular formula is C20H24ClNO4S. The zero-order valence-electron chi connectivity index (χ0n) is 15.9. The molecule has 0 aliphatic heterocycles. The van der Waals surface area contributed by atoms with Gasteiger partial charge in [0.2, 0.25) is 0 Å². The maximum absolute atomic E-state index is 10.6. The zero-order chi connectivity index (χ0) is 19.8. The molecule has 0 heterocycles. The van der Waals surface area contributed by atoms with Crippen molar-refractivity contribution in [1.29, 1.82) is 0 Å². The number of rotatable bonds is 8. The first kappa shape index (κ1) is 21.4. The van der Waals surface area contributed by atoms with E-state index in [1.807, 2.05) is 42.7 Å². The number of aliphatic hydroxyl groups excluding tert-OH is 1. The van der Waals surface area contributed by atoms with Gasteiger partial charge >= 0.3 is 0 Å². The molecule has 0 amide bonds. The van der Waals surface area contributed by atoms with Crippen LogP contribution in [0.4, 0.5) is 0 Å². The number of benzene rings is 2. The molecule has 0 radical (unpaired) electrons. The van der Waals surface area contributed by atoms with Gasteiger partial charge in [-0.25, -0.2) is 0 Å². The molecule has 2 aromatic rings. The van der Waals surface area contributed by atoms with Crippen LogP contribution in [0, 0.1) is 0 Å². The molecule has 0 aliphatic carbocycles. The summed E-state index contributed by atoms with van der Waals surface area (Å²) >= 11 is 7.84. The minimum Gasteiger partial charge on any atom is -0.497 e. The van der Waals surface area contributed by atoms with Crippen LogP contribution in [0.15, 0.2) is 41.4 Å². The first-order valence-corrected chi connectivity index (χ1v) is 9.95. The minimum atomic E-state index is -0.771. The molecule has 5 nitrogen and oxygen atoms in total. The van der Waals surface area contributed by atoms with Crippen LogP contribution in [0.3, 0.4) is 0 Å². The highest BCUT2D eigenvalue weighted by molar-refractivity contribution is 8.13. The summed E-state index contributed by atoms with van der Waals surface area (Å²) in [6.45, 7) is 0.499. The second-order valence-electron chi connectivity index (χ2n) is 5.62. The third kappa shape index (κ3) is 5.31. The van der Waals surface area contributed by atoms with Crippen molar-refractivity contribution in [1.82, 2.24) is 0 Å². The summed E-state index contributed by atoms with van der Waals surface area (Å²) in [6, 6.07) is 11.0. The fourth-order valence-electron chi connectivity index (χ4n) is 2.60. The smallest absolute Gasteiger partial charge is 0.179 e. The Labute approximate surface area is 169 Å². The number of aliphatic hydroxyl groups is 1. The van der Waals surface area contributed by atoms with Crippen LogP contribution in [-0.4, -0.2) is 44.3 Å². The molecule has 1 atom stereocenters. The van der Waals surface area contributed by atoms with Crippen LogP contribution in [0.2, 0.25) is 5.02 Å². The fourth-order valence-corrected chi connectivity index (χ4v) is 3.51. The Hall–Kier alpha value is -1.89. The van der Waals surface area contributed by atoms with Crippen molar-refractivity contribution in [2.45, 2.75) is 12.5 Å². The first-order chi connectivity index (χ1) is 13.0. The number of ether oxygens (including phenoxy) is 3. The maximum Gasteiger partial charge on any atom is 0.179 e. The van der Waals surface area contributed by atoms with Crippen molar-refractivity contribution in [3.05, 3.63) is 52.5 Å². The summed E-state index contributed by atoms with van der Waals surface area (Å²) in [4.78, 5) is 4.56. The molecule has 1 unspecified atom stereocenters. The summed E-state index contributed by atoms with van der Waals surface area (Å²) < 4.78 is 15.7. The monoisotopic (exact) mass is 409 g/mol. The van der Waals surface area contributed by atoms with E-state index in [4.69, 9.17) is 25.8 Å². The van der Waals surface area contributed by atoms with Crippen molar-refractivity contribution < 1.29 is 19.3 Å². The van der Waals surface area contributed by atoms with E-state index in [0.29, 0.717) is 34.5 Å². The van der Waals surface area contributed by atoms with Crippen LogP contribution in [0.5, 0.6) is 17.2 Å². The lowest BCUT2D eigenvalue weighted by atomic mass is 10.1. The van der Waals surface area contributed by atoms with Gasteiger partial charge in [-0.05, 0) is 42.0 Å². The van der Waals surface area contributed by atoms with Crippen molar-refractivity contribution >= 4 is 28.4 Å². The number of nitrogens with zero attached hydrogens (tertiary/aromatic N) is 1. The Balaban J connectivity index is 2.10. The predicted molar refractivity (Wildman–Crippen MR) is 112 cm³/mol. The van der Waals surface area contributed by atoms with E-state index in [1.54, 1.807) is 21.3 Å². The van der Waals surface area contributed by atoms with E-state index >= 15 is 0 Å². The molecule has 0 aromatic heterocycles. The second-order valence-corrected chi connectivity index (χ2v) is 6.83. The Morgan fingerprint density at radius 2 is 1.78 bits per heavy atom. The summed E-state index contributed by atoms with van der Waals surface area (Å²) in [5, 5.41) is 11.8. The van der Waals surface area contributed by atoms with Gasteiger partial charge in [0.1, 0.15) is 16.9 Å². The summed E-state index contributed by atoms with van der Waals surface area (Å²) in [5.41, 5.74) is 1.69. The van der Waals surface area contributed by atoms with Gasteiger partial charge in [-0.15, -0.1) is 11.8 Å². The number of thioether (sulfide) groups is 1. The highest BCUT2D eigenvalue weighted by Gasteiger charge is 2.16. The lowest BCUT2D eigenvalue weighted by molar-refractivity contribution is 0.250. The molecule has 0 saturated carbocycles. The fraction of sp³-hybridized carbons (Fsp3) is 0.350. The van der Waals surface area contributed by atoms with Crippen LogP contribution < -0.4 is 14.2 Å². The van der Waals surface area contributed by atoms with Gasteiger partial charge in [0.25, 0.3) is 0 Å². The molecule has 0 bridgehead atoms. The average molecular weight is 410 g/mol. The number of hydrogen-bond donors (Lipinski definition) is 1. The van der Waals surface area contributed by atoms with Crippen LogP contribution in [0.25, 0.3) is 0 Å². The summed E-state index contributed by atoms with van der Waals surface area (Å²) in [7, 11) is 4.74. The largest absolute Gasteiger partial charge is 0.497 e. The van der Waals surface area contributed by atoms with Crippen LogP contribution in [-0.2, 0) is 6.42 Å². The molecule has 7 heteroatoms. The number of halogens is 1. The summed E-state index contributed by atoms with van der Waals surface area (Å²) in [5.74, 6) is 1.86. The lowest BCUT2D eigenvalue weighted by Crippen LogP contribution is -2.09. The van der Waals surface area contributed by atoms with Gasteiger partial charge in [-0.2, -0.15) is 0 Å². The Morgan fingerprint density at radius 1 is 1.07 bits per heavy atom. The highest BCUT2D eigenvalue weighted by atomic mass is 35.5. The Kier molecular flexibility index (Phi) is 8.28. The third-order valence-corrected chi connectivity index (χ3v) is 5.27. The predicted octanol–water partition coefficient (Wildman–Crippen LogP) is 4.40. The molecule has 146 valence electrons. The van der Waals surface area contributed by atoms with Gasteiger partial charge in [0, 0.05) is 6.54 Å².